The van der Waals surface area contributed by atoms with Gasteiger partial charge in [0.25, 0.3) is 0 Å². The number of Topliss-reactive ketones (excluding diaryl/α,β-unsaturated/α-hetero) is 1. The number of aromatic nitrogens is 1. The van der Waals surface area contributed by atoms with Crippen molar-refractivity contribution in [2.24, 2.45) is 0 Å². The maximum atomic E-state index is 11.9. The van der Waals surface area contributed by atoms with Crippen LogP contribution in [-0.2, 0) is 17.6 Å². The van der Waals surface area contributed by atoms with Gasteiger partial charge >= 0.3 is 0 Å². The van der Waals surface area contributed by atoms with E-state index in [2.05, 4.69) is 4.98 Å². The predicted octanol–water partition coefficient (Wildman–Crippen LogP) is 2.67. The van der Waals surface area contributed by atoms with Crippen molar-refractivity contribution in [2.45, 2.75) is 12.8 Å². The van der Waals surface area contributed by atoms with E-state index in [-0.39, 0.29) is 5.78 Å². The number of pyridine rings is 1. The Hall–Kier alpha value is -1.87. The average Bonchev–Trinajstić information content (AvgIpc) is 2.35. The summed E-state index contributed by atoms with van der Waals surface area (Å²) >= 11 is 5.96. The van der Waals surface area contributed by atoms with Crippen molar-refractivity contribution in [3.05, 3.63) is 58.9 Å². The summed E-state index contributed by atoms with van der Waals surface area (Å²) in [5.41, 5.74) is 8.06. The van der Waals surface area contributed by atoms with Gasteiger partial charge in [0.15, 0.2) is 0 Å². The number of anilines is 1. The molecule has 92 valence electrons. The van der Waals surface area contributed by atoms with E-state index in [4.69, 9.17) is 17.3 Å². The number of nitrogen functional groups attached to an aromatic ring is 1. The number of rotatable bonds is 4. The summed E-state index contributed by atoms with van der Waals surface area (Å²) in [4.78, 5) is 15.8. The topological polar surface area (TPSA) is 56.0 Å². The molecule has 2 rings (SSSR count). The number of carbonyl (C=O) groups is 1. The second-order valence-electron chi connectivity index (χ2n) is 4.10. The van der Waals surface area contributed by atoms with Crippen LogP contribution in [0.3, 0.4) is 0 Å². The third-order valence-electron chi connectivity index (χ3n) is 2.63. The highest BCUT2D eigenvalue weighted by molar-refractivity contribution is 6.31. The zero-order chi connectivity index (χ0) is 13.0. The van der Waals surface area contributed by atoms with Crippen molar-refractivity contribution in [3.8, 4) is 0 Å². The van der Waals surface area contributed by atoms with Crippen molar-refractivity contribution in [2.75, 3.05) is 5.73 Å². The smallest absolute Gasteiger partial charge is 0.141 e. The number of nitrogens with zero attached hydrogens (tertiary/aromatic N) is 1. The van der Waals surface area contributed by atoms with Crippen LogP contribution in [0.5, 0.6) is 0 Å². The van der Waals surface area contributed by atoms with Gasteiger partial charge in [0, 0.05) is 30.9 Å². The summed E-state index contributed by atoms with van der Waals surface area (Å²) in [7, 11) is 0. The zero-order valence-electron chi connectivity index (χ0n) is 9.77. The number of hydrogen-bond donors (Lipinski definition) is 1. The van der Waals surface area contributed by atoms with E-state index in [1.807, 2.05) is 12.1 Å². The number of carbonyl (C=O) groups excluding carboxylic acids is 1. The molecule has 0 atom stereocenters. The SMILES string of the molecule is Nc1ccc(CC(=O)Cc2ccncc2Cl)cc1. The Morgan fingerprint density at radius 2 is 1.89 bits per heavy atom. The third kappa shape index (κ3) is 3.31. The van der Waals surface area contributed by atoms with E-state index in [0.717, 1.165) is 11.1 Å². The molecule has 1 aromatic carbocycles. The molecule has 4 heteroatoms. The summed E-state index contributed by atoms with van der Waals surface area (Å²) in [6.07, 6.45) is 3.90. The molecule has 2 aromatic rings. The molecule has 1 heterocycles. The second-order valence-corrected chi connectivity index (χ2v) is 4.51. The Bertz CT molecular complexity index is 552. The molecule has 0 saturated heterocycles. The number of benzene rings is 1. The third-order valence-corrected chi connectivity index (χ3v) is 2.97. The first kappa shape index (κ1) is 12.6. The molecule has 0 aliphatic carbocycles. The largest absolute Gasteiger partial charge is 0.399 e. The van der Waals surface area contributed by atoms with Crippen LogP contribution < -0.4 is 5.73 Å². The Morgan fingerprint density at radius 3 is 2.56 bits per heavy atom. The standard InChI is InChI=1S/C14H13ClN2O/c15-14-9-17-6-5-11(14)8-13(18)7-10-1-3-12(16)4-2-10/h1-6,9H,7-8,16H2. The van der Waals surface area contributed by atoms with Crippen molar-refractivity contribution < 1.29 is 4.79 Å². The van der Waals surface area contributed by atoms with Crippen molar-refractivity contribution in [1.82, 2.24) is 4.98 Å². The van der Waals surface area contributed by atoms with E-state index < -0.39 is 0 Å². The number of nitrogens with two attached hydrogens (primary N) is 1. The molecule has 0 spiro atoms. The fourth-order valence-electron chi connectivity index (χ4n) is 1.69. The van der Waals surface area contributed by atoms with Gasteiger partial charge in [-0.3, -0.25) is 9.78 Å². The highest BCUT2D eigenvalue weighted by Gasteiger charge is 2.08. The lowest BCUT2D eigenvalue weighted by atomic mass is 10.0. The van der Waals surface area contributed by atoms with Gasteiger partial charge in [0.05, 0.1) is 5.02 Å². The first-order valence-corrected chi connectivity index (χ1v) is 5.97. The maximum absolute atomic E-state index is 11.9. The maximum Gasteiger partial charge on any atom is 0.141 e. The van der Waals surface area contributed by atoms with Crippen LogP contribution in [0.15, 0.2) is 42.7 Å². The van der Waals surface area contributed by atoms with E-state index >= 15 is 0 Å². The monoisotopic (exact) mass is 260 g/mol. The van der Waals surface area contributed by atoms with Gasteiger partial charge in [-0.2, -0.15) is 0 Å². The van der Waals surface area contributed by atoms with E-state index in [1.54, 1.807) is 30.6 Å². The summed E-state index contributed by atoms with van der Waals surface area (Å²) in [6, 6.07) is 9.08. The zero-order valence-corrected chi connectivity index (χ0v) is 10.5. The van der Waals surface area contributed by atoms with Gasteiger partial charge in [-0.1, -0.05) is 23.7 Å². The van der Waals surface area contributed by atoms with Crippen molar-refractivity contribution in [3.63, 3.8) is 0 Å². The average molecular weight is 261 g/mol. The lowest BCUT2D eigenvalue weighted by molar-refractivity contribution is -0.117. The van der Waals surface area contributed by atoms with Gasteiger partial charge in [0.2, 0.25) is 0 Å². The normalized spacial score (nSPS) is 10.3. The van der Waals surface area contributed by atoms with E-state index in [0.29, 0.717) is 23.6 Å². The molecule has 0 radical (unpaired) electrons. The molecule has 0 saturated carbocycles. The van der Waals surface area contributed by atoms with Crippen LogP contribution in [0.25, 0.3) is 0 Å². The molecule has 0 bridgehead atoms. The van der Waals surface area contributed by atoms with Gasteiger partial charge < -0.3 is 5.73 Å². The van der Waals surface area contributed by atoms with Crippen LogP contribution in [0.2, 0.25) is 5.02 Å². The molecule has 18 heavy (non-hydrogen) atoms. The Balaban J connectivity index is 2.01. The molecule has 2 N–H and O–H groups in total. The molecule has 0 unspecified atom stereocenters. The van der Waals surface area contributed by atoms with Crippen LogP contribution in [-0.4, -0.2) is 10.8 Å². The van der Waals surface area contributed by atoms with Crippen molar-refractivity contribution in [1.29, 1.82) is 0 Å². The molecular weight excluding hydrogens is 248 g/mol. The summed E-state index contributed by atoms with van der Waals surface area (Å²) in [5.74, 6) is 0.118. The van der Waals surface area contributed by atoms with Gasteiger partial charge in [-0.05, 0) is 29.3 Å². The molecular formula is C14H13ClN2O. The fourth-order valence-corrected chi connectivity index (χ4v) is 1.87. The predicted molar refractivity (Wildman–Crippen MR) is 72.5 cm³/mol. The minimum Gasteiger partial charge on any atom is -0.399 e. The fraction of sp³-hybridized carbons (Fsp3) is 0.143. The number of ketones is 1. The lowest BCUT2D eigenvalue weighted by Crippen LogP contribution is -2.07. The second kappa shape index (κ2) is 5.65. The quantitative estimate of drug-likeness (QED) is 0.860. The molecule has 1 aromatic heterocycles. The Kier molecular flexibility index (Phi) is 3.95. The van der Waals surface area contributed by atoms with Gasteiger partial charge in [0.1, 0.15) is 5.78 Å². The molecule has 3 nitrogen and oxygen atoms in total. The first-order valence-electron chi connectivity index (χ1n) is 5.59. The van der Waals surface area contributed by atoms with Gasteiger partial charge in [-0.15, -0.1) is 0 Å². The van der Waals surface area contributed by atoms with Crippen LogP contribution in [0, 0.1) is 0 Å². The summed E-state index contributed by atoms with van der Waals surface area (Å²) in [6.45, 7) is 0. The lowest BCUT2D eigenvalue weighted by Gasteiger charge is -2.04. The molecule has 0 aliphatic heterocycles. The van der Waals surface area contributed by atoms with Crippen LogP contribution in [0.1, 0.15) is 11.1 Å². The molecule has 0 amide bonds. The molecule has 0 fully saturated rings. The highest BCUT2D eigenvalue weighted by atomic mass is 35.5. The highest BCUT2D eigenvalue weighted by Crippen LogP contribution is 2.15. The van der Waals surface area contributed by atoms with Crippen LogP contribution >= 0.6 is 11.6 Å². The first-order chi connectivity index (χ1) is 8.65. The minimum atomic E-state index is 0.118. The van der Waals surface area contributed by atoms with Gasteiger partial charge in [-0.25, -0.2) is 0 Å². The Labute approximate surface area is 111 Å². The van der Waals surface area contributed by atoms with Crippen LogP contribution in [0.4, 0.5) is 5.69 Å². The van der Waals surface area contributed by atoms with E-state index in [9.17, 15) is 4.79 Å². The Morgan fingerprint density at radius 1 is 1.17 bits per heavy atom. The van der Waals surface area contributed by atoms with E-state index in [1.165, 1.54) is 0 Å². The minimum absolute atomic E-state index is 0.118. The molecule has 0 aliphatic rings. The van der Waals surface area contributed by atoms with Crippen molar-refractivity contribution >= 4 is 23.1 Å². The number of hydrogen-bond acceptors (Lipinski definition) is 3. The summed E-state index contributed by atoms with van der Waals surface area (Å²) < 4.78 is 0. The summed E-state index contributed by atoms with van der Waals surface area (Å²) in [5, 5.41) is 0.531. The number of halogens is 1.